The number of halogens is 2. The minimum Gasteiger partial charge on any atom is -0.475 e. The molecule has 0 aliphatic rings. The molecule has 0 bridgehead atoms. The first-order valence-electron chi connectivity index (χ1n) is 4.63. The molecule has 0 spiro atoms. The molecule has 2 aromatic rings. The van der Waals surface area contributed by atoms with E-state index < -0.39 is 17.6 Å². The van der Waals surface area contributed by atoms with Gasteiger partial charge in [0.15, 0.2) is 11.6 Å². The molecule has 0 aliphatic heterocycles. The van der Waals surface area contributed by atoms with Gasteiger partial charge in [-0.2, -0.15) is 0 Å². The van der Waals surface area contributed by atoms with Gasteiger partial charge in [-0.3, -0.25) is 0 Å². The summed E-state index contributed by atoms with van der Waals surface area (Å²) >= 11 is 0. The van der Waals surface area contributed by atoms with Crippen molar-refractivity contribution in [2.45, 2.75) is 6.54 Å². The highest BCUT2D eigenvalue weighted by molar-refractivity contribution is 5.82. The summed E-state index contributed by atoms with van der Waals surface area (Å²) in [6, 6.07) is 3.41. The van der Waals surface area contributed by atoms with Gasteiger partial charge in [0.2, 0.25) is 0 Å². The summed E-state index contributed by atoms with van der Waals surface area (Å²) in [5, 5.41) is 12.2. The zero-order chi connectivity index (χ0) is 12.4. The van der Waals surface area contributed by atoms with E-state index in [1.54, 1.807) is 0 Å². The number of rotatable bonds is 3. The second-order valence-electron chi connectivity index (χ2n) is 3.32. The Bertz CT molecular complexity index is 568. The molecule has 1 aromatic heterocycles. The highest BCUT2D eigenvalue weighted by atomic mass is 19.2. The average Bonchev–Trinajstić information content (AvgIpc) is 2.72. The van der Waals surface area contributed by atoms with Crippen molar-refractivity contribution in [1.29, 1.82) is 0 Å². The van der Waals surface area contributed by atoms with Crippen molar-refractivity contribution >= 4 is 5.97 Å². The molecule has 0 unspecified atom stereocenters. The molecule has 0 amide bonds. The minimum absolute atomic E-state index is 0.122. The van der Waals surface area contributed by atoms with Crippen LogP contribution in [0.3, 0.4) is 0 Å². The fourth-order valence-corrected chi connectivity index (χ4v) is 1.29. The van der Waals surface area contributed by atoms with Crippen LogP contribution in [0.15, 0.2) is 24.5 Å². The minimum atomic E-state index is -1.24. The average molecular weight is 239 g/mol. The quantitative estimate of drug-likeness (QED) is 0.876. The van der Waals surface area contributed by atoms with Crippen LogP contribution in [0.4, 0.5) is 8.78 Å². The first kappa shape index (κ1) is 11.2. The number of carboxylic acid groups (broad SMARTS) is 1. The Morgan fingerprint density at radius 3 is 2.71 bits per heavy atom. The standard InChI is InChI=1S/C10H7F2N3O2/c11-7-2-1-6(3-8(7)12)4-15-5-13-9(14-15)10(16)17/h1-3,5H,4H2,(H,16,17). The Kier molecular flexibility index (Phi) is 2.82. The van der Waals surface area contributed by atoms with Gasteiger partial charge in [0.25, 0.3) is 5.82 Å². The van der Waals surface area contributed by atoms with Gasteiger partial charge in [-0.15, -0.1) is 5.10 Å². The van der Waals surface area contributed by atoms with E-state index in [9.17, 15) is 13.6 Å². The number of hydrogen-bond acceptors (Lipinski definition) is 3. The Labute approximate surface area is 94.3 Å². The number of aromatic carboxylic acids is 1. The van der Waals surface area contributed by atoms with Gasteiger partial charge in [0, 0.05) is 0 Å². The van der Waals surface area contributed by atoms with Crippen LogP contribution in [0.25, 0.3) is 0 Å². The first-order chi connectivity index (χ1) is 8.06. The summed E-state index contributed by atoms with van der Waals surface area (Å²) in [4.78, 5) is 14.1. The molecule has 0 saturated heterocycles. The van der Waals surface area contributed by atoms with Crippen LogP contribution in [0, 0.1) is 11.6 Å². The van der Waals surface area contributed by atoms with E-state index in [1.165, 1.54) is 17.1 Å². The predicted molar refractivity (Wildman–Crippen MR) is 52.4 cm³/mol. The van der Waals surface area contributed by atoms with Crippen molar-refractivity contribution < 1.29 is 18.7 Å². The summed E-state index contributed by atoms with van der Waals surface area (Å²) in [6.45, 7) is 0.122. The predicted octanol–water partition coefficient (Wildman–Crippen LogP) is 1.30. The van der Waals surface area contributed by atoms with Crippen molar-refractivity contribution in [3.8, 4) is 0 Å². The van der Waals surface area contributed by atoms with E-state index >= 15 is 0 Å². The van der Waals surface area contributed by atoms with Crippen molar-refractivity contribution in [2.75, 3.05) is 0 Å². The molecule has 17 heavy (non-hydrogen) atoms. The van der Waals surface area contributed by atoms with Crippen molar-refractivity contribution in [1.82, 2.24) is 14.8 Å². The Balaban J connectivity index is 2.19. The van der Waals surface area contributed by atoms with E-state index in [-0.39, 0.29) is 12.4 Å². The normalized spacial score (nSPS) is 10.5. The van der Waals surface area contributed by atoms with Crippen LogP contribution in [0.2, 0.25) is 0 Å². The Morgan fingerprint density at radius 1 is 1.35 bits per heavy atom. The number of nitrogens with zero attached hydrogens (tertiary/aromatic N) is 3. The third-order valence-electron chi connectivity index (χ3n) is 2.06. The molecule has 5 nitrogen and oxygen atoms in total. The van der Waals surface area contributed by atoms with E-state index in [1.807, 2.05) is 0 Å². The van der Waals surface area contributed by atoms with E-state index in [2.05, 4.69) is 10.1 Å². The van der Waals surface area contributed by atoms with E-state index in [0.29, 0.717) is 5.56 Å². The number of carbonyl (C=O) groups is 1. The molecule has 2 rings (SSSR count). The third-order valence-corrected chi connectivity index (χ3v) is 2.06. The monoisotopic (exact) mass is 239 g/mol. The van der Waals surface area contributed by atoms with E-state index in [4.69, 9.17) is 5.11 Å². The van der Waals surface area contributed by atoms with Gasteiger partial charge >= 0.3 is 5.97 Å². The maximum atomic E-state index is 12.9. The van der Waals surface area contributed by atoms with Crippen LogP contribution in [-0.2, 0) is 6.54 Å². The fourth-order valence-electron chi connectivity index (χ4n) is 1.29. The van der Waals surface area contributed by atoms with Crippen LogP contribution in [0.5, 0.6) is 0 Å². The van der Waals surface area contributed by atoms with Crippen molar-refractivity contribution in [2.24, 2.45) is 0 Å². The second-order valence-corrected chi connectivity index (χ2v) is 3.32. The lowest BCUT2D eigenvalue weighted by atomic mass is 10.2. The van der Waals surface area contributed by atoms with Crippen LogP contribution in [0.1, 0.15) is 16.2 Å². The molecule has 0 saturated carbocycles. The molecule has 0 fully saturated rings. The summed E-state index contributed by atoms with van der Waals surface area (Å²) in [5.74, 6) is -3.47. The van der Waals surface area contributed by atoms with Crippen LogP contribution < -0.4 is 0 Å². The summed E-state index contributed by atoms with van der Waals surface area (Å²) < 4.78 is 26.8. The maximum absolute atomic E-state index is 12.9. The molecule has 1 aromatic carbocycles. The molecular weight excluding hydrogens is 232 g/mol. The highest BCUT2D eigenvalue weighted by Gasteiger charge is 2.09. The Morgan fingerprint density at radius 2 is 2.12 bits per heavy atom. The molecule has 0 radical (unpaired) electrons. The van der Waals surface area contributed by atoms with Crippen molar-refractivity contribution in [3.05, 3.63) is 47.5 Å². The van der Waals surface area contributed by atoms with E-state index in [0.717, 1.165) is 12.1 Å². The first-order valence-corrected chi connectivity index (χ1v) is 4.63. The summed E-state index contributed by atoms with van der Waals surface area (Å²) in [5.41, 5.74) is 0.464. The lowest BCUT2D eigenvalue weighted by Crippen LogP contribution is -2.04. The van der Waals surface area contributed by atoms with Gasteiger partial charge < -0.3 is 5.11 Å². The zero-order valence-electron chi connectivity index (χ0n) is 8.47. The summed E-state index contributed by atoms with van der Waals surface area (Å²) in [6.07, 6.45) is 1.21. The molecule has 0 atom stereocenters. The van der Waals surface area contributed by atoms with Gasteiger partial charge in [0.1, 0.15) is 6.33 Å². The zero-order valence-corrected chi connectivity index (χ0v) is 8.47. The number of carboxylic acids is 1. The largest absolute Gasteiger partial charge is 0.475 e. The number of hydrogen-bond donors (Lipinski definition) is 1. The van der Waals surface area contributed by atoms with Gasteiger partial charge in [0.05, 0.1) is 6.54 Å². The maximum Gasteiger partial charge on any atom is 0.375 e. The smallest absolute Gasteiger partial charge is 0.375 e. The third kappa shape index (κ3) is 2.44. The molecule has 88 valence electrons. The van der Waals surface area contributed by atoms with Gasteiger partial charge in [-0.05, 0) is 17.7 Å². The number of benzene rings is 1. The molecule has 0 aliphatic carbocycles. The van der Waals surface area contributed by atoms with Crippen LogP contribution in [-0.4, -0.2) is 25.8 Å². The van der Waals surface area contributed by atoms with Crippen LogP contribution >= 0.6 is 0 Å². The summed E-state index contributed by atoms with van der Waals surface area (Å²) in [7, 11) is 0. The molecule has 1 N–H and O–H groups in total. The fraction of sp³-hybridized carbons (Fsp3) is 0.100. The number of aromatic nitrogens is 3. The lowest BCUT2D eigenvalue weighted by molar-refractivity contribution is 0.0683. The lowest BCUT2D eigenvalue weighted by Gasteiger charge is -2.01. The second kappa shape index (κ2) is 4.28. The SMILES string of the molecule is O=C(O)c1ncn(Cc2ccc(F)c(F)c2)n1. The molecule has 7 heteroatoms. The Hall–Kier alpha value is -2.31. The highest BCUT2D eigenvalue weighted by Crippen LogP contribution is 2.09. The topological polar surface area (TPSA) is 68.0 Å². The van der Waals surface area contributed by atoms with Gasteiger partial charge in [-0.25, -0.2) is 23.2 Å². The van der Waals surface area contributed by atoms with Gasteiger partial charge in [-0.1, -0.05) is 6.07 Å². The van der Waals surface area contributed by atoms with Crippen molar-refractivity contribution in [3.63, 3.8) is 0 Å². The molecular formula is C10H7F2N3O2. The molecule has 1 heterocycles.